The number of aliphatic carboxylic acids is 1. The summed E-state index contributed by atoms with van der Waals surface area (Å²) in [5.74, 6) is -1.30. The molecular weight excluding hydrogens is 284 g/mol. The number of amides is 2. The minimum Gasteiger partial charge on any atom is -0.480 e. The van der Waals surface area contributed by atoms with Gasteiger partial charge < -0.3 is 5.11 Å². The molecule has 1 atom stereocenters. The molecule has 6 nitrogen and oxygen atoms in total. The van der Waals surface area contributed by atoms with Crippen molar-refractivity contribution >= 4 is 17.8 Å². The summed E-state index contributed by atoms with van der Waals surface area (Å²) in [6.07, 6.45) is 2.14. The molecule has 116 valence electrons. The van der Waals surface area contributed by atoms with Crippen molar-refractivity contribution in [3.05, 3.63) is 35.4 Å². The van der Waals surface area contributed by atoms with Crippen LogP contribution >= 0.6 is 0 Å². The third-order valence-corrected chi connectivity index (χ3v) is 4.35. The summed E-state index contributed by atoms with van der Waals surface area (Å²) >= 11 is 0. The van der Waals surface area contributed by atoms with E-state index in [1.165, 1.54) is 4.90 Å². The molecule has 6 heteroatoms. The molecule has 0 radical (unpaired) electrons. The predicted octanol–water partition coefficient (Wildman–Crippen LogP) is 1.22. The predicted molar refractivity (Wildman–Crippen MR) is 78.7 cm³/mol. The summed E-state index contributed by atoms with van der Waals surface area (Å²) in [7, 11) is 0. The molecule has 0 aromatic heterocycles. The van der Waals surface area contributed by atoms with E-state index in [1.807, 2.05) is 4.90 Å². The van der Waals surface area contributed by atoms with E-state index in [9.17, 15) is 14.4 Å². The van der Waals surface area contributed by atoms with Crippen LogP contribution in [0.4, 0.5) is 0 Å². The Morgan fingerprint density at radius 3 is 2.36 bits per heavy atom. The van der Waals surface area contributed by atoms with Crippen molar-refractivity contribution in [1.29, 1.82) is 0 Å². The van der Waals surface area contributed by atoms with Gasteiger partial charge in [-0.2, -0.15) is 0 Å². The second-order valence-corrected chi connectivity index (χ2v) is 5.69. The van der Waals surface area contributed by atoms with Crippen LogP contribution in [0, 0.1) is 0 Å². The first-order valence-electron chi connectivity index (χ1n) is 7.51. The van der Waals surface area contributed by atoms with Gasteiger partial charge in [0.25, 0.3) is 11.8 Å². The summed E-state index contributed by atoms with van der Waals surface area (Å²) in [6, 6.07) is 6.39. The van der Waals surface area contributed by atoms with E-state index in [2.05, 4.69) is 0 Å². The van der Waals surface area contributed by atoms with Gasteiger partial charge in [-0.05, 0) is 37.9 Å². The largest absolute Gasteiger partial charge is 0.480 e. The highest BCUT2D eigenvalue weighted by molar-refractivity contribution is 6.21. The maximum absolute atomic E-state index is 12.2. The molecule has 2 aliphatic rings. The van der Waals surface area contributed by atoms with Crippen molar-refractivity contribution in [3.63, 3.8) is 0 Å². The second kappa shape index (κ2) is 5.88. The topological polar surface area (TPSA) is 77.9 Å². The molecule has 1 N–H and O–H groups in total. The number of imide groups is 1. The Balaban J connectivity index is 1.58. The van der Waals surface area contributed by atoms with Crippen LogP contribution in [0.5, 0.6) is 0 Å². The van der Waals surface area contributed by atoms with Crippen LogP contribution in [-0.2, 0) is 4.79 Å². The van der Waals surface area contributed by atoms with Crippen molar-refractivity contribution in [2.24, 2.45) is 0 Å². The van der Waals surface area contributed by atoms with Gasteiger partial charge in [0, 0.05) is 13.1 Å². The standard InChI is InChI=1S/C16H18N2O4/c19-14-11-5-1-2-6-12(11)15(20)18(14)10-4-9-17-8-3-7-13(17)16(21)22/h1-2,5-6,13H,3-4,7-10H2,(H,21,22)/t13-/m0/s1. The van der Waals surface area contributed by atoms with E-state index in [4.69, 9.17) is 5.11 Å². The molecule has 1 aromatic rings. The highest BCUT2D eigenvalue weighted by Gasteiger charge is 2.35. The zero-order valence-electron chi connectivity index (χ0n) is 12.2. The Hall–Kier alpha value is -2.21. The van der Waals surface area contributed by atoms with Crippen molar-refractivity contribution in [3.8, 4) is 0 Å². The zero-order valence-corrected chi connectivity index (χ0v) is 12.2. The molecule has 0 unspecified atom stereocenters. The summed E-state index contributed by atoms with van der Waals surface area (Å²) < 4.78 is 0. The number of rotatable bonds is 5. The van der Waals surface area contributed by atoms with Crippen LogP contribution in [-0.4, -0.2) is 58.4 Å². The van der Waals surface area contributed by atoms with Gasteiger partial charge in [-0.25, -0.2) is 0 Å². The third kappa shape index (κ3) is 2.50. The fraction of sp³-hybridized carbons (Fsp3) is 0.438. The van der Waals surface area contributed by atoms with Crippen molar-refractivity contribution in [2.75, 3.05) is 19.6 Å². The first kappa shape index (κ1) is 14.7. The third-order valence-electron chi connectivity index (χ3n) is 4.35. The molecule has 0 aliphatic carbocycles. The summed E-state index contributed by atoms with van der Waals surface area (Å²) in [5, 5.41) is 9.14. The molecule has 1 fully saturated rings. The number of carbonyl (C=O) groups is 3. The maximum Gasteiger partial charge on any atom is 0.320 e. The van der Waals surface area contributed by atoms with E-state index in [0.29, 0.717) is 37.1 Å². The smallest absolute Gasteiger partial charge is 0.320 e. The Morgan fingerprint density at radius 2 is 1.77 bits per heavy atom. The maximum atomic E-state index is 12.2. The Bertz CT molecular complexity index is 593. The molecule has 22 heavy (non-hydrogen) atoms. The first-order chi connectivity index (χ1) is 10.6. The molecule has 3 rings (SSSR count). The Morgan fingerprint density at radius 1 is 1.14 bits per heavy atom. The molecule has 0 spiro atoms. The number of hydrogen-bond donors (Lipinski definition) is 1. The minimum atomic E-state index is -0.793. The minimum absolute atomic E-state index is 0.253. The van der Waals surface area contributed by atoms with E-state index in [1.54, 1.807) is 24.3 Å². The molecule has 2 amide bonds. The SMILES string of the molecule is O=C(O)[C@@H]1CCCN1CCCN1C(=O)c2ccccc2C1=O. The van der Waals surface area contributed by atoms with Gasteiger partial charge in [-0.15, -0.1) is 0 Å². The number of likely N-dealkylation sites (tertiary alicyclic amines) is 1. The summed E-state index contributed by atoms with van der Waals surface area (Å²) in [4.78, 5) is 38.7. The van der Waals surface area contributed by atoms with Gasteiger partial charge in [0.15, 0.2) is 0 Å². The van der Waals surface area contributed by atoms with E-state index >= 15 is 0 Å². The molecule has 0 bridgehead atoms. The fourth-order valence-corrected chi connectivity index (χ4v) is 3.25. The van der Waals surface area contributed by atoms with Gasteiger partial charge in [0.1, 0.15) is 6.04 Å². The fourth-order valence-electron chi connectivity index (χ4n) is 3.25. The van der Waals surface area contributed by atoms with Gasteiger partial charge in [0.2, 0.25) is 0 Å². The van der Waals surface area contributed by atoms with Crippen LogP contribution < -0.4 is 0 Å². The highest BCUT2D eigenvalue weighted by atomic mass is 16.4. The van der Waals surface area contributed by atoms with Gasteiger partial charge in [-0.1, -0.05) is 12.1 Å². The van der Waals surface area contributed by atoms with Gasteiger partial charge >= 0.3 is 5.97 Å². The highest BCUT2D eigenvalue weighted by Crippen LogP contribution is 2.23. The zero-order chi connectivity index (χ0) is 15.7. The summed E-state index contributed by atoms with van der Waals surface area (Å²) in [5.41, 5.74) is 0.911. The monoisotopic (exact) mass is 302 g/mol. The average molecular weight is 302 g/mol. The van der Waals surface area contributed by atoms with Crippen molar-refractivity contribution < 1.29 is 19.5 Å². The molecule has 2 heterocycles. The normalized spacial score (nSPS) is 21.5. The number of benzene rings is 1. The average Bonchev–Trinajstić information content (AvgIpc) is 3.07. The quantitative estimate of drug-likeness (QED) is 0.828. The van der Waals surface area contributed by atoms with Crippen LogP contribution in [0.3, 0.4) is 0 Å². The summed E-state index contributed by atoms with van der Waals surface area (Å²) in [6.45, 7) is 1.68. The van der Waals surface area contributed by atoms with Crippen molar-refractivity contribution in [1.82, 2.24) is 9.80 Å². The Kier molecular flexibility index (Phi) is 3.94. The molecule has 0 saturated carbocycles. The van der Waals surface area contributed by atoms with Crippen LogP contribution in [0.25, 0.3) is 0 Å². The second-order valence-electron chi connectivity index (χ2n) is 5.69. The number of hydrogen-bond acceptors (Lipinski definition) is 4. The first-order valence-corrected chi connectivity index (χ1v) is 7.51. The van der Waals surface area contributed by atoms with E-state index in [-0.39, 0.29) is 11.8 Å². The molecule has 1 aromatic carbocycles. The molecular formula is C16H18N2O4. The number of nitrogens with zero attached hydrogens (tertiary/aromatic N) is 2. The number of carboxylic acid groups (broad SMARTS) is 1. The van der Waals surface area contributed by atoms with E-state index < -0.39 is 12.0 Å². The molecule has 2 aliphatic heterocycles. The number of carboxylic acids is 1. The number of fused-ring (bicyclic) bond motifs is 1. The van der Waals surface area contributed by atoms with Crippen LogP contribution in [0.2, 0.25) is 0 Å². The van der Waals surface area contributed by atoms with Gasteiger partial charge in [0.05, 0.1) is 11.1 Å². The van der Waals surface area contributed by atoms with Gasteiger partial charge in [-0.3, -0.25) is 24.2 Å². The lowest BCUT2D eigenvalue weighted by Gasteiger charge is -2.22. The lowest BCUT2D eigenvalue weighted by atomic mass is 10.1. The Labute approximate surface area is 128 Å². The van der Waals surface area contributed by atoms with E-state index in [0.717, 1.165) is 13.0 Å². The lowest BCUT2D eigenvalue weighted by molar-refractivity contribution is -0.142. The lowest BCUT2D eigenvalue weighted by Crippen LogP contribution is -2.38. The van der Waals surface area contributed by atoms with Crippen LogP contribution in [0.1, 0.15) is 40.0 Å². The van der Waals surface area contributed by atoms with Crippen LogP contribution in [0.15, 0.2) is 24.3 Å². The molecule has 1 saturated heterocycles. The van der Waals surface area contributed by atoms with Crippen molar-refractivity contribution in [2.45, 2.75) is 25.3 Å². The number of carbonyl (C=O) groups excluding carboxylic acids is 2.